The van der Waals surface area contributed by atoms with Crippen molar-refractivity contribution in [1.29, 1.82) is 5.26 Å². The zero-order valence-electron chi connectivity index (χ0n) is 72.8. The second-order valence-electron chi connectivity index (χ2n) is 35.1. The summed E-state index contributed by atoms with van der Waals surface area (Å²) in [4.78, 5) is 28.4. The number of para-hydroxylation sites is 9. The fraction of sp³-hybridized carbons (Fsp3) is 0.0250. The first-order valence-corrected chi connectivity index (χ1v) is 45.0. The van der Waals surface area contributed by atoms with Crippen LogP contribution in [0, 0.1) is 23.2 Å². The predicted octanol–water partition coefficient (Wildman–Crippen LogP) is 30.2. The molecule has 0 unspecified atom stereocenters. The van der Waals surface area contributed by atoms with E-state index in [-0.39, 0.29) is 11.0 Å². The minimum atomic E-state index is -0.842. The number of hydrogen-bond acceptors (Lipinski definition) is 8. The summed E-state index contributed by atoms with van der Waals surface area (Å²) in [5.74, 6) is 1.58. The van der Waals surface area contributed by atoms with Crippen molar-refractivity contribution in [2.45, 2.75) is 19.3 Å². The molecule has 18 aromatic carbocycles. The van der Waals surface area contributed by atoms with Crippen molar-refractivity contribution in [3.05, 3.63) is 441 Å². The van der Waals surface area contributed by atoms with E-state index in [0.29, 0.717) is 11.1 Å². The monoisotopic (exact) mass is 1740 g/mol. The van der Waals surface area contributed by atoms with Crippen molar-refractivity contribution in [1.82, 2.24) is 52.4 Å². The Labute approximate surface area is 770 Å². The van der Waals surface area contributed by atoms with Gasteiger partial charge in [-0.2, -0.15) is 19.0 Å². The third kappa shape index (κ3) is 12.6. The van der Waals surface area contributed by atoms with Crippen molar-refractivity contribution in [3.63, 3.8) is 0 Å². The average Bonchev–Trinajstić information content (AvgIpc) is 1.59. The highest BCUT2D eigenvalue weighted by Gasteiger charge is 2.37. The van der Waals surface area contributed by atoms with E-state index < -0.39 is 11.9 Å². The normalized spacial score (nSPS) is 12.3. The lowest BCUT2D eigenvalue weighted by Gasteiger charge is -2.22. The highest BCUT2D eigenvalue weighted by atomic mass is 19.1. The molecular formula is C120H74F2N12O. The van der Waals surface area contributed by atoms with Crippen LogP contribution in [0.25, 0.3) is 238 Å². The number of aromatic nitrogens is 11. The third-order valence-electron chi connectivity index (χ3n) is 27.1. The highest BCUT2D eigenvalue weighted by Crippen LogP contribution is 2.52. The Balaban J connectivity index is 0.000000108. The molecule has 9 aromatic heterocycles. The number of halogens is 2. The van der Waals surface area contributed by atoms with Crippen molar-refractivity contribution in [2.24, 2.45) is 0 Å². The molecule has 0 N–H and O–H groups in total. The van der Waals surface area contributed by atoms with Gasteiger partial charge in [-0.3, -0.25) is 27.5 Å². The van der Waals surface area contributed by atoms with Gasteiger partial charge in [0.2, 0.25) is 23.5 Å². The first-order chi connectivity index (χ1) is 66.5. The van der Waals surface area contributed by atoms with Crippen molar-refractivity contribution >= 4 is 143 Å². The Morgan fingerprint density at radius 3 is 1.54 bits per heavy atom. The van der Waals surface area contributed by atoms with Crippen LogP contribution in [0.1, 0.15) is 30.5 Å². The summed E-state index contributed by atoms with van der Waals surface area (Å²) in [6, 6.07) is 143. The van der Waals surface area contributed by atoms with E-state index in [0.717, 1.165) is 151 Å². The van der Waals surface area contributed by atoms with Crippen LogP contribution in [0.15, 0.2) is 417 Å². The molecule has 27 aromatic rings. The van der Waals surface area contributed by atoms with Crippen LogP contribution in [-0.4, -0.2) is 52.4 Å². The number of nitrogens with zero attached hydrogens (tertiary/aromatic N) is 12. The van der Waals surface area contributed by atoms with Gasteiger partial charge in [-0.25, -0.2) is 19.9 Å². The minimum absolute atomic E-state index is 0.234. The Morgan fingerprint density at radius 2 is 0.844 bits per heavy atom. The highest BCUT2D eigenvalue weighted by molar-refractivity contribution is 6.23. The molecule has 0 aliphatic heterocycles. The maximum atomic E-state index is 14.2. The fourth-order valence-electron chi connectivity index (χ4n) is 20.8. The lowest BCUT2D eigenvalue weighted by atomic mass is 9.81. The summed E-state index contributed by atoms with van der Waals surface area (Å²) >= 11 is 0. The zero-order chi connectivity index (χ0) is 89.8. The topological polar surface area (TPSA) is 138 Å². The quantitative estimate of drug-likeness (QED) is 0.103. The van der Waals surface area contributed by atoms with Gasteiger partial charge in [0.15, 0.2) is 5.58 Å². The van der Waals surface area contributed by atoms with E-state index in [1.54, 1.807) is 12.1 Å². The molecule has 135 heavy (non-hydrogen) atoms. The van der Waals surface area contributed by atoms with Crippen LogP contribution >= 0.6 is 0 Å². The molecule has 0 saturated heterocycles. The van der Waals surface area contributed by atoms with Gasteiger partial charge in [0.1, 0.15) is 22.7 Å². The molecule has 0 radical (unpaired) electrons. The van der Waals surface area contributed by atoms with E-state index in [4.69, 9.17) is 24.4 Å². The molecule has 1 aliphatic carbocycles. The number of pyridine rings is 3. The maximum Gasteiger partial charge on any atom is 0.223 e. The largest absolute Gasteiger partial charge is 0.454 e. The SMILES string of the molecule is CC1(C)c2cc(C#N)ccc2-c2ccc(-c3cccc(-n4c5ccc6c7ccccc7oc6c5n5c6ccccc6nc45)n3)cc21.Fc1ccc(-c2ccc(-n3c4cnc5ccccc5c4n4c5ccccc5nc34)cc2)c(F)n1.c1ccc(-n2c(-c3ccc(-c4ccc5c(-c6ccc7ccccc7c6)c6ccccc6c(-c6ccc7ccccc7c6)c5c4)cc3)nc3ccccc32)cc1. The van der Waals surface area contributed by atoms with Gasteiger partial charge < -0.3 is 4.42 Å². The van der Waals surface area contributed by atoms with Crippen LogP contribution in [0.3, 0.4) is 0 Å². The number of hydrogen-bond donors (Lipinski definition) is 0. The van der Waals surface area contributed by atoms with Gasteiger partial charge in [-0.1, -0.05) is 275 Å². The summed E-state index contributed by atoms with van der Waals surface area (Å²) in [5, 5.41) is 22.7. The summed E-state index contributed by atoms with van der Waals surface area (Å²) in [7, 11) is 0. The molecule has 0 spiro atoms. The van der Waals surface area contributed by atoms with Crippen LogP contribution in [-0.2, 0) is 5.41 Å². The Morgan fingerprint density at radius 1 is 0.319 bits per heavy atom. The Bertz CT molecular complexity index is 9670. The Kier molecular flexibility index (Phi) is 17.8. The molecule has 0 atom stereocenters. The number of rotatable bonds is 9. The van der Waals surface area contributed by atoms with E-state index >= 15 is 0 Å². The summed E-state index contributed by atoms with van der Waals surface area (Å²) in [5.41, 5.74) is 30.8. The van der Waals surface area contributed by atoms with Crippen molar-refractivity contribution in [2.75, 3.05) is 0 Å². The molecule has 9 heterocycles. The summed E-state index contributed by atoms with van der Waals surface area (Å²) < 4.78 is 44.8. The summed E-state index contributed by atoms with van der Waals surface area (Å²) in [6.07, 6.45) is 1.86. The number of nitriles is 1. The second kappa shape index (κ2) is 30.8. The van der Waals surface area contributed by atoms with E-state index in [1.165, 1.54) is 99.2 Å². The lowest BCUT2D eigenvalue weighted by molar-refractivity contribution is 0.515. The van der Waals surface area contributed by atoms with E-state index in [1.807, 2.05) is 109 Å². The van der Waals surface area contributed by atoms with Gasteiger partial charge in [0, 0.05) is 49.6 Å². The lowest BCUT2D eigenvalue weighted by Crippen LogP contribution is -2.15. The molecule has 634 valence electrons. The molecule has 13 nitrogen and oxygen atoms in total. The van der Waals surface area contributed by atoms with Gasteiger partial charge in [0.25, 0.3) is 0 Å². The van der Waals surface area contributed by atoms with Gasteiger partial charge in [-0.05, 0) is 250 Å². The molecule has 28 rings (SSSR count). The molecule has 0 saturated carbocycles. The Hall–Kier alpha value is -18.1. The molecule has 0 amide bonds. The van der Waals surface area contributed by atoms with Crippen molar-refractivity contribution < 1.29 is 13.2 Å². The van der Waals surface area contributed by atoms with Gasteiger partial charge in [0.05, 0.1) is 78.7 Å². The number of benzene rings is 18. The average molecular weight is 1740 g/mol. The van der Waals surface area contributed by atoms with Crippen LogP contribution in [0.4, 0.5) is 8.78 Å². The number of furan rings is 1. The summed E-state index contributed by atoms with van der Waals surface area (Å²) in [6.45, 7) is 4.47. The molecule has 0 bridgehead atoms. The van der Waals surface area contributed by atoms with Crippen LogP contribution in [0.2, 0.25) is 0 Å². The predicted molar refractivity (Wildman–Crippen MR) is 543 cm³/mol. The smallest absolute Gasteiger partial charge is 0.223 e. The first-order valence-electron chi connectivity index (χ1n) is 45.0. The number of fused-ring (bicyclic) bond motifs is 24. The molecular weight excluding hydrogens is 1660 g/mol. The fourth-order valence-corrected chi connectivity index (χ4v) is 20.8. The maximum absolute atomic E-state index is 14.2. The first kappa shape index (κ1) is 78.0. The van der Waals surface area contributed by atoms with Crippen molar-refractivity contribution in [3.8, 4) is 102 Å². The third-order valence-corrected chi connectivity index (χ3v) is 27.1. The molecule has 15 heteroatoms. The van der Waals surface area contributed by atoms with Gasteiger partial charge >= 0.3 is 0 Å². The van der Waals surface area contributed by atoms with E-state index in [2.05, 4.69) is 331 Å². The standard InChI is InChI=1S/C53H34N2.C40H25N5O.C27H15F2N5/c1-2-16-44(17-3-1)55-50-21-11-10-20-49(50)54-53(55)38-26-22-37(23-27-38)41-30-31-47-48(34-41)52(43-29-25-36-13-5-7-15-40(36)33-43)46-19-9-8-18-45(46)51(47)42-28-24-35-12-4-6-14-39(35)32-42;1-40(2)29-20-23(22-41)14-16-25(29)26-17-15-24(21-30(26)40)31-10-7-13-36(42-31)44-34-19-18-28-27-8-3-6-12-35(27)46-38(28)37(34)45-33-11-5-4-9-32(33)43-39(44)45;28-24-14-13-18(26(29)32-24)16-9-11-17(12-10-16)33-23-15-30-20-6-2-1-5-19(20)25(23)34-22-8-4-3-7-21(22)31-27(33)34/h1-34H;3-21H,1-2H3;1-15H. The van der Waals surface area contributed by atoms with Gasteiger partial charge in [-0.15, -0.1) is 0 Å². The minimum Gasteiger partial charge on any atom is -0.454 e. The zero-order valence-corrected chi connectivity index (χ0v) is 72.8. The molecule has 0 fully saturated rings. The van der Waals surface area contributed by atoms with Crippen LogP contribution < -0.4 is 0 Å². The second-order valence-corrected chi connectivity index (χ2v) is 35.1. The van der Waals surface area contributed by atoms with E-state index in [9.17, 15) is 14.0 Å². The molecule has 1 aliphatic rings. The number of imidazole rings is 5. The van der Waals surface area contributed by atoms with Crippen LogP contribution in [0.5, 0.6) is 0 Å².